The summed E-state index contributed by atoms with van der Waals surface area (Å²) in [5.41, 5.74) is 4.44. The minimum atomic E-state index is -0.0960. The van der Waals surface area contributed by atoms with E-state index >= 15 is 0 Å². The molecule has 0 atom stereocenters. The van der Waals surface area contributed by atoms with Crippen LogP contribution in [0, 0.1) is 6.92 Å². The van der Waals surface area contributed by atoms with Crippen molar-refractivity contribution in [2.24, 2.45) is 0 Å². The number of rotatable bonds is 2. The minimum Gasteiger partial charge on any atom is -0.302 e. The van der Waals surface area contributed by atoms with Gasteiger partial charge in [-0.1, -0.05) is 25.1 Å². The largest absolute Gasteiger partial charge is 0.302 e. The summed E-state index contributed by atoms with van der Waals surface area (Å²) >= 11 is 0. The normalized spacial score (nSPS) is 12.3. The standard InChI is InChI=1S/C19H16N2O2/c1-3-17(22)14-9-16-18-13(10-21(16)19(23)11(14)2)8-12-6-4-5-7-15(12)20-18/h4-9H,3,10H2,1-2H3. The first-order valence-corrected chi connectivity index (χ1v) is 7.77. The van der Waals surface area contributed by atoms with Gasteiger partial charge in [0.05, 0.1) is 23.4 Å². The second-order valence-corrected chi connectivity index (χ2v) is 5.93. The molecule has 0 amide bonds. The van der Waals surface area contributed by atoms with Crippen molar-refractivity contribution in [1.82, 2.24) is 9.55 Å². The Morgan fingerprint density at radius 3 is 2.83 bits per heavy atom. The third kappa shape index (κ3) is 1.95. The molecule has 1 aliphatic rings. The highest BCUT2D eigenvalue weighted by Gasteiger charge is 2.25. The molecule has 0 unspecified atom stereocenters. The minimum absolute atomic E-state index is 0.00256. The molecule has 0 radical (unpaired) electrons. The van der Waals surface area contributed by atoms with Crippen LogP contribution in [0.3, 0.4) is 0 Å². The number of hydrogen-bond acceptors (Lipinski definition) is 3. The van der Waals surface area contributed by atoms with E-state index in [1.807, 2.05) is 37.3 Å². The van der Waals surface area contributed by atoms with Crippen LogP contribution in [0.15, 0.2) is 41.2 Å². The highest BCUT2D eigenvalue weighted by molar-refractivity contribution is 5.98. The first-order chi connectivity index (χ1) is 11.1. The monoisotopic (exact) mass is 304 g/mol. The van der Waals surface area contributed by atoms with Crippen molar-refractivity contribution in [2.45, 2.75) is 26.8 Å². The molecule has 0 N–H and O–H groups in total. The molecule has 0 spiro atoms. The number of para-hydroxylation sites is 1. The van der Waals surface area contributed by atoms with E-state index in [0.717, 1.165) is 27.9 Å². The van der Waals surface area contributed by atoms with E-state index in [1.54, 1.807) is 11.5 Å². The van der Waals surface area contributed by atoms with Crippen molar-refractivity contribution < 1.29 is 4.79 Å². The molecule has 0 fully saturated rings. The molecule has 4 nitrogen and oxygen atoms in total. The summed E-state index contributed by atoms with van der Waals surface area (Å²) in [6.07, 6.45) is 0.391. The Bertz CT molecular complexity index is 1030. The number of ketones is 1. The van der Waals surface area contributed by atoms with Crippen LogP contribution in [0.2, 0.25) is 0 Å². The zero-order valence-electron chi connectivity index (χ0n) is 13.1. The van der Waals surface area contributed by atoms with Crippen LogP contribution < -0.4 is 5.56 Å². The van der Waals surface area contributed by atoms with Gasteiger partial charge in [0.15, 0.2) is 5.78 Å². The number of benzene rings is 1. The highest BCUT2D eigenvalue weighted by Crippen LogP contribution is 2.32. The number of carbonyl (C=O) groups excluding carboxylic acids is 1. The maximum atomic E-state index is 12.6. The number of aromatic nitrogens is 2. The summed E-state index contributed by atoms with van der Waals surface area (Å²) in [7, 11) is 0. The number of pyridine rings is 2. The van der Waals surface area contributed by atoms with Crippen molar-refractivity contribution in [3.05, 3.63) is 63.4 Å². The Balaban J connectivity index is 2.02. The Morgan fingerprint density at radius 1 is 1.26 bits per heavy atom. The number of carbonyl (C=O) groups is 1. The van der Waals surface area contributed by atoms with E-state index in [4.69, 9.17) is 4.98 Å². The zero-order chi connectivity index (χ0) is 16.1. The molecule has 4 heteroatoms. The van der Waals surface area contributed by atoms with Crippen LogP contribution in [0.5, 0.6) is 0 Å². The third-order valence-electron chi connectivity index (χ3n) is 4.54. The molecule has 23 heavy (non-hydrogen) atoms. The Kier molecular flexibility index (Phi) is 2.94. The van der Waals surface area contributed by atoms with Crippen molar-refractivity contribution in [3.63, 3.8) is 0 Å². The predicted molar refractivity (Wildman–Crippen MR) is 89.9 cm³/mol. The molecule has 3 aromatic rings. The second kappa shape index (κ2) is 4.88. The van der Waals surface area contributed by atoms with Gasteiger partial charge in [-0.05, 0) is 25.1 Å². The highest BCUT2D eigenvalue weighted by atomic mass is 16.1. The van der Waals surface area contributed by atoms with Crippen molar-refractivity contribution in [2.75, 3.05) is 0 Å². The van der Waals surface area contributed by atoms with Gasteiger partial charge in [-0.3, -0.25) is 9.59 Å². The van der Waals surface area contributed by atoms with Gasteiger partial charge in [0.2, 0.25) is 0 Å². The van der Waals surface area contributed by atoms with E-state index < -0.39 is 0 Å². The van der Waals surface area contributed by atoms with E-state index in [2.05, 4.69) is 6.07 Å². The lowest BCUT2D eigenvalue weighted by atomic mass is 10.0. The van der Waals surface area contributed by atoms with Gasteiger partial charge in [0.1, 0.15) is 0 Å². The first kappa shape index (κ1) is 13.9. The molecule has 4 rings (SSSR count). The smallest absolute Gasteiger partial charge is 0.255 e. The van der Waals surface area contributed by atoms with Gasteiger partial charge in [0, 0.05) is 28.5 Å². The topological polar surface area (TPSA) is 52.0 Å². The quantitative estimate of drug-likeness (QED) is 0.534. The second-order valence-electron chi connectivity index (χ2n) is 5.93. The molecule has 114 valence electrons. The molecule has 0 aliphatic carbocycles. The van der Waals surface area contributed by atoms with Crippen LogP contribution in [-0.2, 0) is 6.54 Å². The molecular formula is C19H16N2O2. The Morgan fingerprint density at radius 2 is 2.04 bits per heavy atom. The fraction of sp³-hybridized carbons (Fsp3) is 0.211. The maximum absolute atomic E-state index is 12.6. The van der Waals surface area contributed by atoms with Gasteiger partial charge in [-0.2, -0.15) is 0 Å². The lowest BCUT2D eigenvalue weighted by Crippen LogP contribution is -2.24. The zero-order valence-corrected chi connectivity index (χ0v) is 13.1. The van der Waals surface area contributed by atoms with Crippen LogP contribution in [0.25, 0.3) is 22.3 Å². The molecule has 3 heterocycles. The van der Waals surface area contributed by atoms with E-state index in [0.29, 0.717) is 24.1 Å². The summed E-state index contributed by atoms with van der Waals surface area (Å²) in [5.74, 6) is -0.00256. The summed E-state index contributed by atoms with van der Waals surface area (Å²) < 4.78 is 1.72. The van der Waals surface area contributed by atoms with Crippen molar-refractivity contribution in [3.8, 4) is 11.4 Å². The van der Waals surface area contributed by atoms with E-state index in [1.165, 1.54) is 0 Å². The van der Waals surface area contributed by atoms with Crippen LogP contribution in [0.1, 0.15) is 34.8 Å². The predicted octanol–water partition coefficient (Wildman–Crippen LogP) is 3.33. The van der Waals surface area contributed by atoms with Gasteiger partial charge in [-0.15, -0.1) is 0 Å². The average molecular weight is 304 g/mol. The summed E-state index contributed by atoms with van der Waals surface area (Å²) in [4.78, 5) is 29.5. The van der Waals surface area contributed by atoms with Crippen molar-refractivity contribution >= 4 is 16.7 Å². The number of hydrogen-bond donors (Lipinski definition) is 0. The maximum Gasteiger partial charge on any atom is 0.255 e. The lowest BCUT2D eigenvalue weighted by Gasteiger charge is -2.09. The van der Waals surface area contributed by atoms with Crippen LogP contribution in [0.4, 0.5) is 0 Å². The molecule has 0 saturated heterocycles. The molecule has 1 aliphatic heterocycles. The SMILES string of the molecule is CCC(=O)c1cc2n(c(=O)c1C)Cc1cc3ccccc3nc1-2. The number of Topliss-reactive ketones (excluding diaryl/α,β-unsaturated/α-hetero) is 1. The van der Waals surface area contributed by atoms with Gasteiger partial charge >= 0.3 is 0 Å². The van der Waals surface area contributed by atoms with Gasteiger partial charge in [0.25, 0.3) is 5.56 Å². The molecule has 0 bridgehead atoms. The molecular weight excluding hydrogens is 288 g/mol. The van der Waals surface area contributed by atoms with Gasteiger partial charge < -0.3 is 4.57 Å². The van der Waals surface area contributed by atoms with E-state index in [-0.39, 0.29) is 11.3 Å². The Labute approximate surface area is 133 Å². The summed E-state index contributed by atoms with van der Waals surface area (Å²) in [6, 6.07) is 11.8. The molecule has 0 saturated carbocycles. The fourth-order valence-corrected chi connectivity index (χ4v) is 3.26. The molecule has 2 aromatic heterocycles. The first-order valence-electron chi connectivity index (χ1n) is 7.77. The summed E-state index contributed by atoms with van der Waals surface area (Å²) in [5, 5.41) is 1.06. The van der Waals surface area contributed by atoms with Crippen LogP contribution >= 0.6 is 0 Å². The van der Waals surface area contributed by atoms with Crippen LogP contribution in [-0.4, -0.2) is 15.3 Å². The lowest BCUT2D eigenvalue weighted by molar-refractivity contribution is 0.0987. The number of fused-ring (bicyclic) bond motifs is 4. The van der Waals surface area contributed by atoms with E-state index in [9.17, 15) is 9.59 Å². The summed E-state index contributed by atoms with van der Waals surface area (Å²) in [6.45, 7) is 4.06. The fourth-order valence-electron chi connectivity index (χ4n) is 3.26. The van der Waals surface area contributed by atoms with Crippen molar-refractivity contribution in [1.29, 1.82) is 0 Å². The number of nitrogens with zero attached hydrogens (tertiary/aromatic N) is 2. The molecule has 1 aromatic carbocycles. The average Bonchev–Trinajstić information content (AvgIpc) is 2.93. The Hall–Kier alpha value is -2.75. The third-order valence-corrected chi connectivity index (χ3v) is 4.54. The van der Waals surface area contributed by atoms with Gasteiger partial charge in [-0.25, -0.2) is 4.98 Å².